The highest BCUT2D eigenvalue weighted by molar-refractivity contribution is 5.85. The molecule has 1 saturated carbocycles. The van der Waals surface area contributed by atoms with E-state index in [9.17, 15) is 13.2 Å². The first-order valence-electron chi connectivity index (χ1n) is 11.2. The molecule has 0 atom stereocenters. The average molecular weight is 480 g/mol. The zero-order chi connectivity index (χ0) is 24.5. The zero-order valence-corrected chi connectivity index (χ0v) is 19.0. The number of aryl methyl sites for hydroxylation is 1. The molecule has 0 bridgehead atoms. The Morgan fingerprint density at radius 3 is 2.54 bits per heavy atom. The van der Waals surface area contributed by atoms with Crippen molar-refractivity contribution in [3.63, 3.8) is 0 Å². The lowest BCUT2D eigenvalue weighted by atomic mass is 9.99. The fourth-order valence-electron chi connectivity index (χ4n) is 3.88. The lowest BCUT2D eigenvalue weighted by Crippen LogP contribution is -2.07. The largest absolute Gasteiger partial charge is 0.470 e. The van der Waals surface area contributed by atoms with Gasteiger partial charge in [0.05, 0.1) is 17.0 Å². The van der Waals surface area contributed by atoms with Crippen molar-refractivity contribution in [3.05, 3.63) is 71.6 Å². The summed E-state index contributed by atoms with van der Waals surface area (Å²) in [6, 6.07) is 10.4. The van der Waals surface area contributed by atoms with Gasteiger partial charge in [0.2, 0.25) is 11.8 Å². The SMILES string of the molecule is Cc1cc(-c2c(OCc3ccn(CC4CC4)n3)nc(N)nc2-c2ccc(F)cc2)cc(C(F)F)n1. The van der Waals surface area contributed by atoms with Crippen LogP contribution in [0.15, 0.2) is 48.7 Å². The van der Waals surface area contributed by atoms with Crippen LogP contribution in [0.5, 0.6) is 5.88 Å². The number of nitrogens with two attached hydrogens (primary N) is 1. The third kappa shape index (κ3) is 5.26. The normalized spacial score (nSPS) is 13.4. The summed E-state index contributed by atoms with van der Waals surface area (Å²) in [6.07, 6.45) is 1.57. The van der Waals surface area contributed by atoms with Gasteiger partial charge in [-0.2, -0.15) is 10.1 Å². The van der Waals surface area contributed by atoms with E-state index in [1.54, 1.807) is 13.0 Å². The van der Waals surface area contributed by atoms with E-state index in [-0.39, 0.29) is 24.1 Å². The smallest absolute Gasteiger partial charge is 0.280 e. The molecule has 1 aromatic carbocycles. The maximum Gasteiger partial charge on any atom is 0.280 e. The molecule has 1 fully saturated rings. The van der Waals surface area contributed by atoms with E-state index < -0.39 is 12.2 Å². The molecule has 7 nitrogen and oxygen atoms in total. The number of alkyl halides is 2. The maximum atomic E-state index is 13.6. The van der Waals surface area contributed by atoms with Gasteiger partial charge in [0.1, 0.15) is 18.1 Å². The second-order valence-electron chi connectivity index (χ2n) is 8.60. The molecule has 10 heteroatoms. The van der Waals surface area contributed by atoms with Gasteiger partial charge in [-0.05, 0) is 73.7 Å². The summed E-state index contributed by atoms with van der Waals surface area (Å²) in [5.41, 5.74) is 8.30. The lowest BCUT2D eigenvalue weighted by molar-refractivity contribution is 0.146. The Kier molecular flexibility index (Phi) is 6.10. The highest BCUT2D eigenvalue weighted by Crippen LogP contribution is 2.39. The summed E-state index contributed by atoms with van der Waals surface area (Å²) >= 11 is 0. The topological polar surface area (TPSA) is 91.7 Å². The first-order chi connectivity index (χ1) is 16.9. The fraction of sp³-hybridized carbons (Fsp3) is 0.280. The zero-order valence-electron chi connectivity index (χ0n) is 19.0. The summed E-state index contributed by atoms with van der Waals surface area (Å²) in [5, 5.41) is 4.54. The van der Waals surface area contributed by atoms with Gasteiger partial charge in [-0.3, -0.25) is 9.67 Å². The number of ether oxygens (including phenoxy) is 1. The molecule has 2 N–H and O–H groups in total. The number of benzene rings is 1. The van der Waals surface area contributed by atoms with Crippen molar-refractivity contribution in [2.75, 3.05) is 5.73 Å². The van der Waals surface area contributed by atoms with Crippen molar-refractivity contribution < 1.29 is 17.9 Å². The van der Waals surface area contributed by atoms with E-state index in [2.05, 4.69) is 20.1 Å². The van der Waals surface area contributed by atoms with Crippen molar-refractivity contribution in [3.8, 4) is 28.3 Å². The number of nitrogens with zero attached hydrogens (tertiary/aromatic N) is 5. The van der Waals surface area contributed by atoms with Crippen LogP contribution in [0.4, 0.5) is 19.1 Å². The van der Waals surface area contributed by atoms with Crippen LogP contribution in [0.1, 0.15) is 36.3 Å². The number of nitrogen functional groups attached to an aromatic ring is 1. The summed E-state index contributed by atoms with van der Waals surface area (Å²) in [7, 11) is 0. The van der Waals surface area contributed by atoms with Gasteiger partial charge in [0.15, 0.2) is 0 Å². The van der Waals surface area contributed by atoms with Crippen molar-refractivity contribution in [2.24, 2.45) is 5.92 Å². The van der Waals surface area contributed by atoms with Gasteiger partial charge in [-0.25, -0.2) is 18.2 Å². The number of aromatic nitrogens is 5. The van der Waals surface area contributed by atoms with E-state index in [4.69, 9.17) is 10.5 Å². The maximum absolute atomic E-state index is 13.6. The van der Waals surface area contributed by atoms with E-state index in [0.29, 0.717) is 39.7 Å². The van der Waals surface area contributed by atoms with Gasteiger partial charge in [0.25, 0.3) is 6.43 Å². The van der Waals surface area contributed by atoms with Crippen molar-refractivity contribution in [2.45, 2.75) is 39.3 Å². The number of rotatable bonds is 8. The molecule has 4 aromatic rings. The average Bonchev–Trinajstić information content (AvgIpc) is 3.52. The lowest BCUT2D eigenvalue weighted by Gasteiger charge is -2.16. The second kappa shape index (κ2) is 9.36. The van der Waals surface area contributed by atoms with Crippen molar-refractivity contribution in [1.82, 2.24) is 24.7 Å². The third-order valence-corrected chi connectivity index (χ3v) is 5.69. The number of hydrogen-bond donors (Lipinski definition) is 1. The first-order valence-corrected chi connectivity index (χ1v) is 11.2. The van der Waals surface area contributed by atoms with Crippen LogP contribution in [-0.2, 0) is 13.2 Å². The Bertz CT molecular complexity index is 1350. The summed E-state index contributed by atoms with van der Waals surface area (Å²) in [4.78, 5) is 12.5. The molecule has 0 aliphatic heterocycles. The van der Waals surface area contributed by atoms with Crippen LogP contribution >= 0.6 is 0 Å². The third-order valence-electron chi connectivity index (χ3n) is 5.69. The molecule has 3 aromatic heterocycles. The predicted molar refractivity (Wildman–Crippen MR) is 124 cm³/mol. The number of anilines is 1. The standard InChI is InChI=1S/C25H23F3N6O/c1-14-10-17(11-20(30-14)23(27)28)21-22(16-4-6-18(26)7-5-16)31-25(29)32-24(21)35-13-19-8-9-34(33-19)12-15-2-3-15/h4-11,15,23H,2-3,12-13H2,1H3,(H2,29,31,32). The first kappa shape index (κ1) is 22.8. The van der Waals surface area contributed by atoms with Crippen LogP contribution < -0.4 is 10.5 Å². The second-order valence-corrected chi connectivity index (χ2v) is 8.60. The minimum atomic E-state index is -2.77. The minimum absolute atomic E-state index is 0.0674. The highest BCUT2D eigenvalue weighted by atomic mass is 19.3. The van der Waals surface area contributed by atoms with E-state index in [1.165, 1.54) is 43.2 Å². The molecule has 1 aliphatic carbocycles. The Morgan fingerprint density at radius 1 is 1.06 bits per heavy atom. The van der Waals surface area contributed by atoms with Crippen LogP contribution in [0.2, 0.25) is 0 Å². The summed E-state index contributed by atoms with van der Waals surface area (Å²) in [5.74, 6) is 0.297. The summed E-state index contributed by atoms with van der Waals surface area (Å²) < 4.78 is 48.6. The molecule has 0 unspecified atom stereocenters. The molecule has 0 radical (unpaired) electrons. The fourth-order valence-corrected chi connectivity index (χ4v) is 3.88. The molecule has 180 valence electrons. The monoisotopic (exact) mass is 480 g/mol. The Morgan fingerprint density at radius 2 is 1.83 bits per heavy atom. The molecule has 0 amide bonds. The van der Waals surface area contributed by atoms with Crippen LogP contribution in [-0.4, -0.2) is 24.7 Å². The molecule has 5 rings (SSSR count). The van der Waals surface area contributed by atoms with E-state index in [0.717, 1.165) is 6.54 Å². The molecule has 3 heterocycles. The van der Waals surface area contributed by atoms with Crippen molar-refractivity contribution >= 4 is 5.95 Å². The molecule has 35 heavy (non-hydrogen) atoms. The number of halogens is 3. The molecular formula is C25H23F3N6O. The van der Waals surface area contributed by atoms with E-state index in [1.807, 2.05) is 16.9 Å². The van der Waals surface area contributed by atoms with E-state index >= 15 is 0 Å². The number of pyridine rings is 1. The Hall–Kier alpha value is -3.95. The molecule has 0 saturated heterocycles. The van der Waals surface area contributed by atoms with Gasteiger partial charge in [-0.1, -0.05) is 0 Å². The quantitative estimate of drug-likeness (QED) is 0.365. The number of hydrogen-bond acceptors (Lipinski definition) is 6. The highest BCUT2D eigenvalue weighted by Gasteiger charge is 2.23. The van der Waals surface area contributed by atoms with Crippen LogP contribution in [0.3, 0.4) is 0 Å². The van der Waals surface area contributed by atoms with Crippen molar-refractivity contribution in [1.29, 1.82) is 0 Å². The van der Waals surface area contributed by atoms with Gasteiger partial charge in [0, 0.05) is 24.0 Å². The molecule has 1 aliphatic rings. The van der Waals surface area contributed by atoms with Gasteiger partial charge >= 0.3 is 0 Å². The Labute approximate surface area is 199 Å². The van der Waals surface area contributed by atoms with Crippen LogP contribution in [0, 0.1) is 18.7 Å². The summed E-state index contributed by atoms with van der Waals surface area (Å²) in [6.45, 7) is 2.58. The van der Waals surface area contributed by atoms with Gasteiger partial charge < -0.3 is 10.5 Å². The predicted octanol–water partition coefficient (Wildman–Crippen LogP) is 5.36. The molecular weight excluding hydrogens is 457 g/mol. The molecule has 0 spiro atoms. The minimum Gasteiger partial charge on any atom is -0.470 e. The van der Waals surface area contributed by atoms with Crippen LogP contribution in [0.25, 0.3) is 22.4 Å². The van der Waals surface area contributed by atoms with Gasteiger partial charge in [-0.15, -0.1) is 0 Å². The Balaban J connectivity index is 1.57.